The van der Waals surface area contributed by atoms with Gasteiger partial charge in [0.2, 0.25) is 0 Å². The van der Waals surface area contributed by atoms with E-state index >= 15 is 0 Å². The van der Waals surface area contributed by atoms with E-state index < -0.39 is 6.03 Å². The molecule has 1 N–H and O–H groups in total. The second-order valence-corrected chi connectivity index (χ2v) is 3.54. The minimum atomic E-state index is -0.619. The average molecular weight is 249 g/mol. The summed E-state index contributed by atoms with van der Waals surface area (Å²) in [6.07, 6.45) is 0. The summed E-state index contributed by atoms with van der Waals surface area (Å²) in [4.78, 5) is 10.8. The molecule has 0 radical (unpaired) electrons. The van der Waals surface area contributed by atoms with Crippen LogP contribution in [0.3, 0.4) is 0 Å². The molecule has 4 nitrogen and oxygen atoms in total. The van der Waals surface area contributed by atoms with Crippen molar-refractivity contribution in [3.05, 3.63) is 35.9 Å². The van der Waals surface area contributed by atoms with Crippen LogP contribution in [0.25, 0.3) is 0 Å². The third-order valence-electron chi connectivity index (χ3n) is 1.59. The molecule has 0 fully saturated rings. The van der Waals surface area contributed by atoms with E-state index in [0.717, 1.165) is 5.56 Å². The van der Waals surface area contributed by atoms with Crippen molar-refractivity contribution in [2.75, 3.05) is 6.73 Å². The minimum absolute atomic E-state index is 0.0592. The van der Waals surface area contributed by atoms with Crippen LogP contribution in [0.5, 0.6) is 0 Å². The molecule has 0 saturated heterocycles. The predicted molar refractivity (Wildman–Crippen MR) is 58.2 cm³/mol. The van der Waals surface area contributed by atoms with Gasteiger partial charge < -0.3 is 10.1 Å². The molecule has 0 heterocycles. The highest BCUT2D eigenvalue weighted by atomic mass is 35.5. The van der Waals surface area contributed by atoms with Gasteiger partial charge in [0.15, 0.2) is 0 Å². The third-order valence-corrected chi connectivity index (χ3v) is 1.90. The van der Waals surface area contributed by atoms with Crippen LogP contribution in [-0.4, -0.2) is 16.7 Å². The van der Waals surface area contributed by atoms with E-state index in [1.54, 1.807) is 0 Å². The Morgan fingerprint density at radius 1 is 1.33 bits per heavy atom. The van der Waals surface area contributed by atoms with Crippen molar-refractivity contribution in [3.8, 4) is 0 Å². The Bertz CT molecular complexity index is 306. The first kappa shape index (κ1) is 12.1. The summed E-state index contributed by atoms with van der Waals surface area (Å²) in [5, 5.41) is 2.35. The number of halogens is 2. The Morgan fingerprint density at radius 2 is 2.00 bits per heavy atom. The SMILES string of the molecule is O=C(NCOCc1ccccc1)N(Cl)Cl. The topological polar surface area (TPSA) is 41.6 Å². The van der Waals surface area contributed by atoms with Crippen molar-refractivity contribution in [2.45, 2.75) is 6.61 Å². The first-order chi connectivity index (χ1) is 7.20. The summed E-state index contributed by atoms with van der Waals surface area (Å²) in [6.45, 7) is 0.482. The maximum Gasteiger partial charge on any atom is 0.349 e. The Kier molecular flexibility index (Phi) is 5.25. The van der Waals surface area contributed by atoms with E-state index in [1.807, 2.05) is 30.3 Å². The van der Waals surface area contributed by atoms with Crippen LogP contribution in [0.4, 0.5) is 4.79 Å². The molecule has 15 heavy (non-hydrogen) atoms. The molecule has 82 valence electrons. The van der Waals surface area contributed by atoms with Crippen molar-refractivity contribution < 1.29 is 9.53 Å². The largest absolute Gasteiger partial charge is 0.357 e. The van der Waals surface area contributed by atoms with Crippen molar-refractivity contribution in [3.63, 3.8) is 0 Å². The van der Waals surface area contributed by atoms with Gasteiger partial charge in [-0.15, -0.1) is 3.94 Å². The van der Waals surface area contributed by atoms with Crippen LogP contribution in [0.1, 0.15) is 5.56 Å². The summed E-state index contributed by atoms with van der Waals surface area (Å²) in [5.41, 5.74) is 1.03. The van der Waals surface area contributed by atoms with Gasteiger partial charge in [0.05, 0.1) is 6.61 Å². The van der Waals surface area contributed by atoms with Gasteiger partial charge in [-0.3, -0.25) is 0 Å². The summed E-state index contributed by atoms with van der Waals surface area (Å²) in [7, 11) is 0. The molecule has 0 bridgehead atoms. The Hall–Kier alpha value is -0.970. The number of benzene rings is 1. The third kappa shape index (κ3) is 4.88. The Balaban J connectivity index is 2.15. The van der Waals surface area contributed by atoms with E-state index in [2.05, 4.69) is 5.32 Å². The highest BCUT2D eigenvalue weighted by molar-refractivity contribution is 6.41. The zero-order chi connectivity index (χ0) is 11.1. The lowest BCUT2D eigenvalue weighted by Crippen LogP contribution is -2.30. The predicted octanol–water partition coefficient (Wildman–Crippen LogP) is 2.48. The van der Waals surface area contributed by atoms with Crippen LogP contribution in [0.15, 0.2) is 30.3 Å². The molecule has 2 amide bonds. The van der Waals surface area contributed by atoms with E-state index in [-0.39, 0.29) is 6.73 Å². The molecule has 0 atom stereocenters. The fraction of sp³-hybridized carbons (Fsp3) is 0.222. The molecule has 1 aromatic rings. The van der Waals surface area contributed by atoms with Crippen LogP contribution >= 0.6 is 23.6 Å². The number of hydrogen-bond acceptors (Lipinski definition) is 2. The average Bonchev–Trinajstić information content (AvgIpc) is 2.25. The lowest BCUT2D eigenvalue weighted by atomic mass is 10.2. The minimum Gasteiger partial charge on any atom is -0.357 e. The van der Waals surface area contributed by atoms with Crippen LogP contribution in [-0.2, 0) is 11.3 Å². The number of carbonyl (C=O) groups excluding carboxylic acids is 1. The lowest BCUT2D eigenvalue weighted by Gasteiger charge is -2.07. The van der Waals surface area contributed by atoms with Crippen LogP contribution < -0.4 is 5.32 Å². The zero-order valence-electron chi connectivity index (χ0n) is 7.82. The molecule has 0 aliphatic carbocycles. The maximum absolute atomic E-state index is 10.8. The highest BCUT2D eigenvalue weighted by Gasteiger charge is 2.05. The van der Waals surface area contributed by atoms with Gasteiger partial charge in [-0.1, -0.05) is 30.3 Å². The van der Waals surface area contributed by atoms with Crippen LogP contribution in [0, 0.1) is 0 Å². The first-order valence-electron chi connectivity index (χ1n) is 4.21. The molecule has 0 spiro atoms. The summed E-state index contributed by atoms with van der Waals surface area (Å²) >= 11 is 10.3. The van der Waals surface area contributed by atoms with Crippen molar-refractivity contribution in [1.29, 1.82) is 0 Å². The van der Waals surface area contributed by atoms with Gasteiger partial charge in [-0.2, -0.15) is 0 Å². The molecule has 1 aromatic carbocycles. The van der Waals surface area contributed by atoms with Crippen molar-refractivity contribution in [2.24, 2.45) is 0 Å². The monoisotopic (exact) mass is 248 g/mol. The number of rotatable bonds is 4. The van der Waals surface area contributed by atoms with Gasteiger partial charge in [-0.05, 0) is 5.56 Å². The number of amides is 2. The Morgan fingerprint density at radius 3 is 2.60 bits per heavy atom. The molecular weight excluding hydrogens is 239 g/mol. The molecule has 0 aliphatic heterocycles. The fourth-order valence-electron chi connectivity index (χ4n) is 0.916. The number of carbonyl (C=O) groups is 1. The molecular formula is C9H10Cl2N2O2. The summed E-state index contributed by atoms with van der Waals surface area (Å²) in [6, 6.07) is 8.98. The van der Waals surface area contributed by atoms with E-state index in [0.29, 0.717) is 10.5 Å². The van der Waals surface area contributed by atoms with Gasteiger partial charge in [0.1, 0.15) is 6.73 Å². The highest BCUT2D eigenvalue weighted by Crippen LogP contribution is 2.00. The van der Waals surface area contributed by atoms with E-state index in [9.17, 15) is 4.79 Å². The standard InChI is InChI=1S/C9H10Cl2N2O2/c10-13(11)9(14)12-7-15-6-8-4-2-1-3-5-8/h1-5H,6-7H2,(H,12,14). The number of ether oxygens (including phenoxy) is 1. The van der Waals surface area contributed by atoms with Crippen molar-refractivity contribution >= 4 is 29.6 Å². The fourth-order valence-corrected chi connectivity index (χ4v) is 1.04. The molecule has 0 saturated carbocycles. The van der Waals surface area contributed by atoms with Gasteiger partial charge >= 0.3 is 6.03 Å². The smallest absolute Gasteiger partial charge is 0.349 e. The number of urea groups is 1. The number of nitrogens with one attached hydrogen (secondary N) is 1. The second-order valence-electron chi connectivity index (χ2n) is 2.69. The molecule has 1 rings (SSSR count). The van der Waals surface area contributed by atoms with Gasteiger partial charge in [-0.25, -0.2) is 4.79 Å². The number of hydrogen-bond donors (Lipinski definition) is 1. The van der Waals surface area contributed by atoms with Gasteiger partial charge in [0, 0.05) is 23.6 Å². The molecule has 6 heteroatoms. The normalized spacial score (nSPS) is 9.73. The lowest BCUT2D eigenvalue weighted by molar-refractivity contribution is 0.107. The molecule has 0 unspecified atom stereocenters. The summed E-state index contributed by atoms with van der Waals surface area (Å²) in [5.74, 6) is 0. The summed E-state index contributed by atoms with van der Waals surface area (Å²) < 4.78 is 5.57. The molecule has 0 aliphatic rings. The Labute approximate surface area is 97.9 Å². The molecule has 0 aromatic heterocycles. The van der Waals surface area contributed by atoms with E-state index in [4.69, 9.17) is 28.3 Å². The van der Waals surface area contributed by atoms with Crippen molar-refractivity contribution in [1.82, 2.24) is 9.25 Å². The van der Waals surface area contributed by atoms with Gasteiger partial charge in [0.25, 0.3) is 0 Å². The second kappa shape index (κ2) is 6.50. The quantitative estimate of drug-likeness (QED) is 0.506. The maximum atomic E-state index is 10.8. The van der Waals surface area contributed by atoms with Crippen LogP contribution in [0.2, 0.25) is 0 Å². The zero-order valence-corrected chi connectivity index (χ0v) is 9.33. The van der Waals surface area contributed by atoms with E-state index in [1.165, 1.54) is 0 Å². The first-order valence-corrected chi connectivity index (χ1v) is 4.89. The number of nitrogens with zero attached hydrogens (tertiary/aromatic N) is 1.